The third-order valence-corrected chi connectivity index (χ3v) is 3.26. The van der Waals surface area contributed by atoms with E-state index in [0.717, 1.165) is 0 Å². The summed E-state index contributed by atoms with van der Waals surface area (Å²) in [6.45, 7) is 4.40. The first-order valence-corrected chi connectivity index (χ1v) is 5.38. The van der Waals surface area contributed by atoms with Gasteiger partial charge in [-0.2, -0.15) is 0 Å². The molecular formula is C13H18N2. The second-order valence-electron chi connectivity index (χ2n) is 4.10. The average molecular weight is 202 g/mol. The molecule has 0 saturated carbocycles. The van der Waals surface area contributed by atoms with Crippen LogP contribution in [0.5, 0.6) is 0 Å². The molecule has 80 valence electrons. The van der Waals surface area contributed by atoms with Gasteiger partial charge in [0.2, 0.25) is 0 Å². The second-order valence-corrected chi connectivity index (χ2v) is 4.10. The summed E-state index contributed by atoms with van der Waals surface area (Å²) >= 11 is 0. The molecule has 2 rings (SSSR count). The Morgan fingerprint density at radius 1 is 1.27 bits per heavy atom. The third-order valence-electron chi connectivity index (χ3n) is 3.26. The highest BCUT2D eigenvalue weighted by Crippen LogP contribution is 2.28. The summed E-state index contributed by atoms with van der Waals surface area (Å²) < 4.78 is 2.28. The van der Waals surface area contributed by atoms with Crippen LogP contribution in [0.1, 0.15) is 24.2 Å². The molecule has 1 atom stereocenters. The van der Waals surface area contributed by atoms with Crippen LogP contribution in [0.4, 0.5) is 0 Å². The zero-order chi connectivity index (χ0) is 11.0. The van der Waals surface area contributed by atoms with Crippen molar-refractivity contribution in [1.29, 1.82) is 0 Å². The lowest BCUT2D eigenvalue weighted by Crippen LogP contribution is -2.16. The fourth-order valence-electron chi connectivity index (χ4n) is 2.35. The largest absolute Gasteiger partial charge is 0.346 e. The number of nitrogens with one attached hydrogen (secondary N) is 1. The van der Waals surface area contributed by atoms with Crippen LogP contribution in [0.15, 0.2) is 24.3 Å². The number of benzene rings is 1. The molecule has 1 aromatic carbocycles. The van der Waals surface area contributed by atoms with E-state index in [1.165, 1.54) is 22.2 Å². The van der Waals surface area contributed by atoms with Crippen LogP contribution in [-0.4, -0.2) is 11.6 Å². The lowest BCUT2D eigenvalue weighted by atomic mass is 10.1. The van der Waals surface area contributed by atoms with E-state index in [0.29, 0.717) is 6.04 Å². The highest BCUT2D eigenvalue weighted by atomic mass is 15.0. The Balaban J connectivity index is 2.75. The molecule has 0 fully saturated rings. The average Bonchev–Trinajstić information content (AvgIpc) is 2.52. The van der Waals surface area contributed by atoms with Crippen molar-refractivity contribution in [1.82, 2.24) is 9.88 Å². The van der Waals surface area contributed by atoms with E-state index in [2.05, 4.69) is 55.0 Å². The monoisotopic (exact) mass is 202 g/mol. The minimum Gasteiger partial charge on any atom is -0.346 e. The van der Waals surface area contributed by atoms with Gasteiger partial charge in [-0.25, -0.2) is 0 Å². The number of fused-ring (bicyclic) bond motifs is 1. The fourth-order valence-corrected chi connectivity index (χ4v) is 2.35. The fraction of sp³-hybridized carbons (Fsp3) is 0.385. The van der Waals surface area contributed by atoms with Gasteiger partial charge in [0.1, 0.15) is 0 Å². The van der Waals surface area contributed by atoms with Crippen molar-refractivity contribution in [3.63, 3.8) is 0 Å². The highest BCUT2D eigenvalue weighted by molar-refractivity contribution is 5.85. The Morgan fingerprint density at radius 3 is 2.53 bits per heavy atom. The zero-order valence-corrected chi connectivity index (χ0v) is 9.83. The van der Waals surface area contributed by atoms with Crippen LogP contribution in [0.25, 0.3) is 10.9 Å². The SMILES string of the molecule is CNC(C)c1c(C)c2ccccc2n1C. The first-order valence-electron chi connectivity index (χ1n) is 5.38. The van der Waals surface area contributed by atoms with E-state index in [1.807, 2.05) is 7.05 Å². The number of hydrogen-bond donors (Lipinski definition) is 1. The van der Waals surface area contributed by atoms with Crippen molar-refractivity contribution in [2.45, 2.75) is 19.9 Å². The predicted octanol–water partition coefficient (Wildman–Crippen LogP) is 2.77. The summed E-state index contributed by atoms with van der Waals surface area (Å²) in [6, 6.07) is 8.95. The second kappa shape index (κ2) is 3.70. The van der Waals surface area contributed by atoms with Gasteiger partial charge in [-0.3, -0.25) is 0 Å². The van der Waals surface area contributed by atoms with E-state index < -0.39 is 0 Å². The molecule has 15 heavy (non-hydrogen) atoms. The van der Waals surface area contributed by atoms with Crippen LogP contribution in [0.2, 0.25) is 0 Å². The standard InChI is InChI=1S/C13H18N2/c1-9-11-7-5-6-8-12(11)15(4)13(9)10(2)14-3/h5-8,10,14H,1-4H3. The Hall–Kier alpha value is -1.28. The van der Waals surface area contributed by atoms with Gasteiger partial charge in [-0.15, -0.1) is 0 Å². The van der Waals surface area contributed by atoms with Crippen LogP contribution in [0, 0.1) is 6.92 Å². The lowest BCUT2D eigenvalue weighted by Gasteiger charge is -2.13. The maximum atomic E-state index is 3.30. The number of hydrogen-bond acceptors (Lipinski definition) is 1. The van der Waals surface area contributed by atoms with E-state index >= 15 is 0 Å². The van der Waals surface area contributed by atoms with Crippen LogP contribution in [0.3, 0.4) is 0 Å². The summed E-state index contributed by atoms with van der Waals surface area (Å²) in [5.74, 6) is 0. The number of rotatable bonds is 2. The maximum Gasteiger partial charge on any atom is 0.0483 e. The molecule has 0 amide bonds. The van der Waals surface area contributed by atoms with Gasteiger partial charge in [0.15, 0.2) is 0 Å². The Morgan fingerprint density at radius 2 is 1.93 bits per heavy atom. The molecule has 0 aliphatic rings. The lowest BCUT2D eigenvalue weighted by molar-refractivity contribution is 0.606. The summed E-state index contributed by atoms with van der Waals surface area (Å²) in [4.78, 5) is 0. The van der Waals surface area contributed by atoms with Gasteiger partial charge >= 0.3 is 0 Å². The van der Waals surface area contributed by atoms with Crippen molar-refractivity contribution in [3.8, 4) is 0 Å². The van der Waals surface area contributed by atoms with Gasteiger partial charge in [0, 0.05) is 29.7 Å². The molecule has 1 unspecified atom stereocenters. The van der Waals surface area contributed by atoms with Crippen molar-refractivity contribution in [3.05, 3.63) is 35.5 Å². The quantitative estimate of drug-likeness (QED) is 0.792. The Kier molecular flexibility index (Phi) is 2.53. The molecule has 2 aromatic rings. The van der Waals surface area contributed by atoms with Gasteiger partial charge in [-0.05, 0) is 32.5 Å². The molecule has 0 aliphatic heterocycles. The van der Waals surface area contributed by atoms with Crippen molar-refractivity contribution < 1.29 is 0 Å². The molecule has 0 spiro atoms. The number of nitrogens with zero attached hydrogens (tertiary/aromatic N) is 1. The molecule has 1 N–H and O–H groups in total. The van der Waals surface area contributed by atoms with Crippen molar-refractivity contribution in [2.24, 2.45) is 7.05 Å². The van der Waals surface area contributed by atoms with Gasteiger partial charge < -0.3 is 9.88 Å². The topological polar surface area (TPSA) is 17.0 Å². The smallest absolute Gasteiger partial charge is 0.0483 e. The van der Waals surface area contributed by atoms with Crippen LogP contribution >= 0.6 is 0 Å². The maximum absolute atomic E-state index is 3.30. The normalized spacial score (nSPS) is 13.3. The molecule has 0 aliphatic carbocycles. The van der Waals surface area contributed by atoms with E-state index in [4.69, 9.17) is 0 Å². The number of aromatic nitrogens is 1. The minimum absolute atomic E-state index is 0.391. The Labute approximate surface area is 90.9 Å². The van der Waals surface area contributed by atoms with Crippen molar-refractivity contribution >= 4 is 10.9 Å². The molecule has 0 bridgehead atoms. The minimum atomic E-state index is 0.391. The molecule has 2 heteroatoms. The van der Waals surface area contributed by atoms with Crippen LogP contribution < -0.4 is 5.32 Å². The summed E-state index contributed by atoms with van der Waals surface area (Å²) in [7, 11) is 4.14. The molecule has 1 aromatic heterocycles. The summed E-state index contributed by atoms with van der Waals surface area (Å²) in [5.41, 5.74) is 4.07. The highest BCUT2D eigenvalue weighted by Gasteiger charge is 2.14. The molecule has 1 heterocycles. The first kappa shape index (κ1) is 10.2. The first-order chi connectivity index (χ1) is 7.16. The zero-order valence-electron chi connectivity index (χ0n) is 9.83. The van der Waals surface area contributed by atoms with Gasteiger partial charge in [0.25, 0.3) is 0 Å². The Bertz CT molecular complexity index is 443. The van der Waals surface area contributed by atoms with Gasteiger partial charge in [0.05, 0.1) is 0 Å². The van der Waals surface area contributed by atoms with Crippen molar-refractivity contribution in [2.75, 3.05) is 7.05 Å². The van der Waals surface area contributed by atoms with E-state index in [9.17, 15) is 0 Å². The molecule has 0 radical (unpaired) electrons. The van der Waals surface area contributed by atoms with Gasteiger partial charge in [-0.1, -0.05) is 18.2 Å². The predicted molar refractivity (Wildman–Crippen MR) is 65.1 cm³/mol. The molecule has 0 saturated heterocycles. The summed E-state index contributed by atoms with van der Waals surface area (Å²) in [6.07, 6.45) is 0. The van der Waals surface area contributed by atoms with Crippen LogP contribution in [-0.2, 0) is 7.05 Å². The number of aryl methyl sites for hydroxylation is 2. The molecule has 2 nitrogen and oxygen atoms in total. The summed E-state index contributed by atoms with van der Waals surface area (Å²) in [5, 5.41) is 4.66. The third kappa shape index (κ3) is 1.45. The number of para-hydroxylation sites is 1. The van der Waals surface area contributed by atoms with E-state index in [1.54, 1.807) is 0 Å². The van der Waals surface area contributed by atoms with E-state index in [-0.39, 0.29) is 0 Å². The molecular weight excluding hydrogens is 184 g/mol.